The van der Waals surface area contributed by atoms with E-state index in [1.54, 1.807) is 6.33 Å². The van der Waals surface area contributed by atoms with Gasteiger partial charge in [-0.3, -0.25) is 0 Å². The van der Waals surface area contributed by atoms with Crippen molar-refractivity contribution < 1.29 is 4.74 Å². The maximum atomic E-state index is 5.42. The molecule has 0 atom stereocenters. The Labute approximate surface area is 122 Å². The SMILES string of the molecule is CCCNc1ncnc(N(C)CCOCC)c1CCC. The molecule has 0 unspecified atom stereocenters. The highest BCUT2D eigenvalue weighted by molar-refractivity contribution is 5.58. The number of ether oxygens (including phenoxy) is 1. The lowest BCUT2D eigenvalue weighted by Gasteiger charge is -2.22. The molecule has 1 rings (SSSR count). The monoisotopic (exact) mass is 280 g/mol. The molecule has 5 nitrogen and oxygen atoms in total. The van der Waals surface area contributed by atoms with Gasteiger partial charge in [0.25, 0.3) is 0 Å². The molecule has 0 bridgehead atoms. The molecule has 0 aliphatic rings. The Morgan fingerprint density at radius 2 is 2.00 bits per heavy atom. The van der Waals surface area contributed by atoms with Crippen LogP contribution in [0.4, 0.5) is 11.6 Å². The van der Waals surface area contributed by atoms with Gasteiger partial charge >= 0.3 is 0 Å². The summed E-state index contributed by atoms with van der Waals surface area (Å²) in [6.45, 7) is 9.61. The van der Waals surface area contributed by atoms with E-state index in [2.05, 4.69) is 41.1 Å². The number of rotatable bonds is 10. The molecule has 0 saturated heterocycles. The zero-order valence-electron chi connectivity index (χ0n) is 13.3. The van der Waals surface area contributed by atoms with Crippen LogP contribution in [0.3, 0.4) is 0 Å². The molecule has 0 saturated carbocycles. The summed E-state index contributed by atoms with van der Waals surface area (Å²) in [6, 6.07) is 0. The van der Waals surface area contributed by atoms with E-state index in [4.69, 9.17) is 4.74 Å². The Hall–Kier alpha value is -1.36. The predicted octanol–water partition coefficient (Wildman–Crippen LogP) is 2.72. The van der Waals surface area contributed by atoms with E-state index < -0.39 is 0 Å². The number of aromatic nitrogens is 2. The number of hydrogen-bond acceptors (Lipinski definition) is 5. The quantitative estimate of drug-likeness (QED) is 0.668. The fourth-order valence-corrected chi connectivity index (χ4v) is 2.06. The van der Waals surface area contributed by atoms with Crippen LogP contribution in [0.2, 0.25) is 0 Å². The lowest BCUT2D eigenvalue weighted by molar-refractivity contribution is 0.154. The van der Waals surface area contributed by atoms with Crippen LogP contribution in [0.5, 0.6) is 0 Å². The third-order valence-electron chi connectivity index (χ3n) is 3.10. The molecule has 114 valence electrons. The number of nitrogens with one attached hydrogen (secondary N) is 1. The molecule has 1 N–H and O–H groups in total. The Morgan fingerprint density at radius 1 is 1.20 bits per heavy atom. The van der Waals surface area contributed by atoms with Crippen molar-refractivity contribution in [2.75, 3.05) is 43.6 Å². The second-order valence-electron chi connectivity index (χ2n) is 4.82. The van der Waals surface area contributed by atoms with Crippen molar-refractivity contribution in [1.82, 2.24) is 9.97 Å². The number of hydrogen-bond donors (Lipinski definition) is 1. The van der Waals surface area contributed by atoms with Crippen LogP contribution >= 0.6 is 0 Å². The molecule has 20 heavy (non-hydrogen) atoms. The van der Waals surface area contributed by atoms with E-state index in [1.807, 2.05) is 6.92 Å². The largest absolute Gasteiger partial charge is 0.380 e. The van der Waals surface area contributed by atoms with Crippen LogP contribution in [-0.4, -0.2) is 43.3 Å². The topological polar surface area (TPSA) is 50.3 Å². The normalized spacial score (nSPS) is 10.6. The molecular weight excluding hydrogens is 252 g/mol. The predicted molar refractivity (Wildman–Crippen MR) is 84.6 cm³/mol. The van der Waals surface area contributed by atoms with Crippen molar-refractivity contribution in [3.8, 4) is 0 Å². The molecular formula is C15H28N4O. The first-order valence-electron chi connectivity index (χ1n) is 7.61. The Kier molecular flexibility index (Phi) is 7.95. The van der Waals surface area contributed by atoms with Crippen molar-refractivity contribution in [1.29, 1.82) is 0 Å². The highest BCUT2D eigenvalue weighted by Gasteiger charge is 2.13. The maximum Gasteiger partial charge on any atom is 0.137 e. The van der Waals surface area contributed by atoms with Crippen molar-refractivity contribution in [2.45, 2.75) is 40.0 Å². The average Bonchev–Trinajstić information content (AvgIpc) is 2.46. The Morgan fingerprint density at radius 3 is 2.65 bits per heavy atom. The first-order valence-corrected chi connectivity index (χ1v) is 7.61. The molecule has 0 aliphatic carbocycles. The van der Waals surface area contributed by atoms with E-state index >= 15 is 0 Å². The molecule has 5 heteroatoms. The maximum absolute atomic E-state index is 5.42. The first kappa shape index (κ1) is 16.7. The van der Waals surface area contributed by atoms with Crippen LogP contribution in [0, 0.1) is 0 Å². The van der Waals surface area contributed by atoms with Crippen LogP contribution in [0.25, 0.3) is 0 Å². The van der Waals surface area contributed by atoms with Gasteiger partial charge in [0, 0.05) is 32.3 Å². The molecule has 0 aliphatic heterocycles. The third kappa shape index (κ3) is 4.96. The molecule has 1 heterocycles. The molecule has 1 aromatic rings. The van der Waals surface area contributed by atoms with Gasteiger partial charge in [-0.1, -0.05) is 20.3 Å². The van der Waals surface area contributed by atoms with Crippen LogP contribution in [0.15, 0.2) is 6.33 Å². The minimum atomic E-state index is 0.723. The number of likely N-dealkylation sites (N-methyl/N-ethyl adjacent to an activating group) is 1. The van der Waals surface area contributed by atoms with Crippen LogP contribution in [-0.2, 0) is 11.2 Å². The number of anilines is 2. The number of nitrogens with zero attached hydrogens (tertiary/aromatic N) is 3. The van der Waals surface area contributed by atoms with Crippen LogP contribution < -0.4 is 10.2 Å². The van der Waals surface area contributed by atoms with E-state index in [9.17, 15) is 0 Å². The van der Waals surface area contributed by atoms with Gasteiger partial charge in [-0.05, 0) is 19.8 Å². The summed E-state index contributed by atoms with van der Waals surface area (Å²) >= 11 is 0. The van der Waals surface area contributed by atoms with Gasteiger partial charge in [0.15, 0.2) is 0 Å². The molecule has 0 spiro atoms. The van der Waals surface area contributed by atoms with Crippen LogP contribution in [0.1, 0.15) is 39.2 Å². The molecule has 0 amide bonds. The van der Waals surface area contributed by atoms with Gasteiger partial charge in [-0.2, -0.15) is 0 Å². The van der Waals surface area contributed by atoms with Gasteiger partial charge < -0.3 is 15.0 Å². The minimum Gasteiger partial charge on any atom is -0.380 e. The summed E-state index contributed by atoms with van der Waals surface area (Å²) < 4.78 is 5.42. The van der Waals surface area contributed by atoms with E-state index in [1.165, 1.54) is 5.56 Å². The summed E-state index contributed by atoms with van der Waals surface area (Å²) in [4.78, 5) is 11.0. The first-order chi connectivity index (χ1) is 9.74. The van der Waals surface area contributed by atoms with E-state index in [-0.39, 0.29) is 0 Å². The standard InChI is InChI=1S/C15H28N4O/c1-5-8-13-14(16-9-6-2)17-12-18-15(13)19(4)10-11-20-7-3/h12H,5-11H2,1-4H3,(H,16,17,18). The van der Waals surface area contributed by atoms with Crippen molar-refractivity contribution >= 4 is 11.6 Å². The average molecular weight is 280 g/mol. The zero-order valence-corrected chi connectivity index (χ0v) is 13.3. The fourth-order valence-electron chi connectivity index (χ4n) is 2.06. The highest BCUT2D eigenvalue weighted by Crippen LogP contribution is 2.24. The molecule has 0 fully saturated rings. The lowest BCUT2D eigenvalue weighted by Crippen LogP contribution is -2.25. The van der Waals surface area contributed by atoms with E-state index in [0.29, 0.717) is 0 Å². The molecule has 0 aromatic carbocycles. The van der Waals surface area contributed by atoms with Gasteiger partial charge in [0.2, 0.25) is 0 Å². The molecule has 0 radical (unpaired) electrons. The minimum absolute atomic E-state index is 0.723. The third-order valence-corrected chi connectivity index (χ3v) is 3.10. The smallest absolute Gasteiger partial charge is 0.137 e. The summed E-state index contributed by atoms with van der Waals surface area (Å²) in [5.74, 6) is 1.99. The summed E-state index contributed by atoms with van der Waals surface area (Å²) in [6.07, 6.45) is 4.80. The van der Waals surface area contributed by atoms with Gasteiger partial charge in [0.1, 0.15) is 18.0 Å². The molecule has 1 aromatic heterocycles. The second-order valence-corrected chi connectivity index (χ2v) is 4.82. The summed E-state index contributed by atoms with van der Waals surface area (Å²) in [5, 5.41) is 3.40. The van der Waals surface area contributed by atoms with Crippen molar-refractivity contribution in [3.05, 3.63) is 11.9 Å². The zero-order chi connectivity index (χ0) is 14.8. The van der Waals surface area contributed by atoms with Crippen molar-refractivity contribution in [2.24, 2.45) is 0 Å². The lowest BCUT2D eigenvalue weighted by atomic mass is 10.1. The Balaban J connectivity index is 2.86. The van der Waals surface area contributed by atoms with Gasteiger partial charge in [0.05, 0.1) is 6.61 Å². The van der Waals surface area contributed by atoms with E-state index in [0.717, 1.165) is 57.2 Å². The van der Waals surface area contributed by atoms with Gasteiger partial charge in [-0.15, -0.1) is 0 Å². The Bertz CT molecular complexity index is 384. The van der Waals surface area contributed by atoms with Gasteiger partial charge in [-0.25, -0.2) is 9.97 Å². The summed E-state index contributed by atoms with van der Waals surface area (Å²) in [5.41, 5.74) is 1.21. The van der Waals surface area contributed by atoms with Crippen molar-refractivity contribution in [3.63, 3.8) is 0 Å². The second kappa shape index (κ2) is 9.53. The summed E-state index contributed by atoms with van der Waals surface area (Å²) in [7, 11) is 2.06. The fraction of sp³-hybridized carbons (Fsp3) is 0.733. The highest BCUT2D eigenvalue weighted by atomic mass is 16.5.